The van der Waals surface area contributed by atoms with Crippen molar-refractivity contribution in [2.75, 3.05) is 31.1 Å². The average Bonchev–Trinajstić information content (AvgIpc) is 2.95. The van der Waals surface area contributed by atoms with E-state index in [1.807, 2.05) is 36.4 Å². The smallest absolute Gasteiger partial charge is 0.233 e. The molecule has 1 aliphatic heterocycles. The predicted octanol–water partition coefficient (Wildman–Crippen LogP) is 4.48. The van der Waals surface area contributed by atoms with Crippen molar-refractivity contribution in [1.29, 1.82) is 5.26 Å². The van der Waals surface area contributed by atoms with Gasteiger partial charge in [0, 0.05) is 36.3 Å². The van der Waals surface area contributed by atoms with Gasteiger partial charge in [-0.1, -0.05) is 34.5 Å². The summed E-state index contributed by atoms with van der Waals surface area (Å²) in [7, 11) is 0. The molecule has 144 valence electrons. The second kappa shape index (κ2) is 7.97. The Kier molecular flexibility index (Phi) is 5.41. The molecule has 1 amide bonds. The van der Waals surface area contributed by atoms with Crippen LogP contribution in [0.25, 0.3) is 0 Å². The van der Waals surface area contributed by atoms with Gasteiger partial charge in [0.2, 0.25) is 5.91 Å². The number of carbonyl (C=O) groups is 1. The van der Waals surface area contributed by atoms with Crippen molar-refractivity contribution in [1.82, 2.24) is 4.90 Å². The van der Waals surface area contributed by atoms with Crippen LogP contribution in [0.3, 0.4) is 0 Å². The number of hydrogen-bond donors (Lipinski definition) is 0. The average molecular weight is 438 g/mol. The Balaban J connectivity index is 1.48. The summed E-state index contributed by atoms with van der Waals surface area (Å²) >= 11 is 3.50. The highest BCUT2D eigenvalue weighted by atomic mass is 79.9. The monoisotopic (exact) mass is 437 g/mol. The molecule has 0 bridgehead atoms. The fourth-order valence-corrected chi connectivity index (χ4v) is 4.62. The SMILES string of the molecule is N#Cc1ccc(N2CCCN(C(=O)C3(c4ccc(Br)cc4)CCC3)CC2)cc1. The summed E-state index contributed by atoms with van der Waals surface area (Å²) in [6.45, 7) is 3.32. The molecule has 1 aliphatic carbocycles. The third kappa shape index (κ3) is 3.54. The summed E-state index contributed by atoms with van der Waals surface area (Å²) in [6.07, 6.45) is 3.97. The number of halogens is 1. The maximum Gasteiger partial charge on any atom is 0.233 e. The molecule has 5 heteroatoms. The number of nitriles is 1. The molecule has 1 saturated carbocycles. The molecule has 2 aromatic carbocycles. The van der Waals surface area contributed by atoms with Gasteiger partial charge in [0.1, 0.15) is 0 Å². The lowest BCUT2D eigenvalue weighted by Crippen LogP contribution is -2.52. The molecule has 2 fully saturated rings. The van der Waals surface area contributed by atoms with Crippen LogP contribution in [0.4, 0.5) is 5.69 Å². The van der Waals surface area contributed by atoms with Crippen LogP contribution < -0.4 is 4.90 Å². The van der Waals surface area contributed by atoms with Gasteiger partial charge in [-0.25, -0.2) is 0 Å². The highest BCUT2D eigenvalue weighted by Gasteiger charge is 2.47. The van der Waals surface area contributed by atoms with Crippen molar-refractivity contribution < 1.29 is 4.79 Å². The number of anilines is 1. The van der Waals surface area contributed by atoms with Gasteiger partial charge in [0.15, 0.2) is 0 Å². The zero-order chi connectivity index (χ0) is 19.6. The lowest BCUT2D eigenvalue weighted by molar-refractivity contribution is -0.140. The Bertz CT molecular complexity index is 882. The van der Waals surface area contributed by atoms with E-state index in [2.05, 4.69) is 43.9 Å². The fourth-order valence-electron chi connectivity index (χ4n) is 4.35. The molecule has 0 spiro atoms. The number of rotatable bonds is 3. The van der Waals surface area contributed by atoms with E-state index in [-0.39, 0.29) is 5.41 Å². The second-order valence-corrected chi connectivity index (χ2v) is 8.65. The summed E-state index contributed by atoms with van der Waals surface area (Å²) in [6, 6.07) is 18.2. The number of carbonyl (C=O) groups excluding carboxylic acids is 1. The minimum Gasteiger partial charge on any atom is -0.370 e. The topological polar surface area (TPSA) is 47.3 Å². The number of hydrogen-bond acceptors (Lipinski definition) is 3. The van der Waals surface area contributed by atoms with Crippen LogP contribution in [0.15, 0.2) is 53.0 Å². The second-order valence-electron chi connectivity index (χ2n) is 7.73. The first-order valence-electron chi connectivity index (χ1n) is 9.93. The standard InChI is InChI=1S/C23H24BrN3O/c24-20-7-5-19(6-8-20)23(11-1-12-23)22(28)27-14-2-13-26(15-16-27)21-9-3-18(17-25)4-10-21/h3-10H,1-2,11-16H2. The van der Waals surface area contributed by atoms with Gasteiger partial charge in [-0.15, -0.1) is 0 Å². The van der Waals surface area contributed by atoms with Crippen LogP contribution in [0.2, 0.25) is 0 Å². The third-order valence-electron chi connectivity index (χ3n) is 6.16. The molecule has 2 aliphatic rings. The zero-order valence-corrected chi connectivity index (χ0v) is 17.5. The number of amides is 1. The minimum atomic E-state index is -0.329. The minimum absolute atomic E-state index is 0.294. The van der Waals surface area contributed by atoms with E-state index >= 15 is 0 Å². The highest BCUT2D eigenvalue weighted by Crippen LogP contribution is 2.45. The molecule has 1 heterocycles. The van der Waals surface area contributed by atoms with Crippen LogP contribution in [0.5, 0.6) is 0 Å². The largest absolute Gasteiger partial charge is 0.370 e. The predicted molar refractivity (Wildman–Crippen MR) is 114 cm³/mol. The molecule has 1 saturated heterocycles. The Morgan fingerprint density at radius 3 is 2.25 bits per heavy atom. The van der Waals surface area contributed by atoms with E-state index in [1.54, 1.807) is 0 Å². The van der Waals surface area contributed by atoms with Crippen molar-refractivity contribution in [3.05, 3.63) is 64.1 Å². The first-order valence-corrected chi connectivity index (χ1v) is 10.7. The molecule has 0 unspecified atom stereocenters. The van der Waals surface area contributed by atoms with Gasteiger partial charge >= 0.3 is 0 Å². The van der Waals surface area contributed by atoms with Gasteiger partial charge < -0.3 is 9.80 Å². The Morgan fingerprint density at radius 1 is 0.929 bits per heavy atom. The summed E-state index contributed by atoms with van der Waals surface area (Å²) < 4.78 is 1.05. The van der Waals surface area contributed by atoms with Crippen molar-refractivity contribution in [3.63, 3.8) is 0 Å². The summed E-state index contributed by atoms with van der Waals surface area (Å²) in [5.74, 6) is 0.294. The lowest BCUT2D eigenvalue weighted by Gasteiger charge is -2.44. The van der Waals surface area contributed by atoms with Gasteiger partial charge in [0.05, 0.1) is 17.0 Å². The Morgan fingerprint density at radius 2 is 1.64 bits per heavy atom. The molecule has 4 nitrogen and oxygen atoms in total. The van der Waals surface area contributed by atoms with E-state index in [9.17, 15) is 4.79 Å². The van der Waals surface area contributed by atoms with E-state index in [4.69, 9.17) is 5.26 Å². The normalized spacial score (nSPS) is 18.7. The van der Waals surface area contributed by atoms with Gasteiger partial charge in [-0.05, 0) is 61.2 Å². The van der Waals surface area contributed by atoms with Crippen LogP contribution in [0.1, 0.15) is 36.8 Å². The van der Waals surface area contributed by atoms with E-state index in [0.29, 0.717) is 11.5 Å². The lowest BCUT2D eigenvalue weighted by atomic mass is 9.63. The van der Waals surface area contributed by atoms with Crippen LogP contribution in [-0.4, -0.2) is 37.0 Å². The molecule has 0 N–H and O–H groups in total. The summed E-state index contributed by atoms with van der Waals surface area (Å²) in [4.78, 5) is 17.9. The molecular weight excluding hydrogens is 414 g/mol. The molecule has 4 rings (SSSR count). The first-order chi connectivity index (χ1) is 13.6. The molecule has 28 heavy (non-hydrogen) atoms. The molecule has 0 radical (unpaired) electrons. The molecule has 0 atom stereocenters. The van der Waals surface area contributed by atoms with Gasteiger partial charge in [0.25, 0.3) is 0 Å². The zero-order valence-electron chi connectivity index (χ0n) is 15.9. The maximum absolute atomic E-state index is 13.5. The quantitative estimate of drug-likeness (QED) is 0.710. The Labute approximate surface area is 174 Å². The van der Waals surface area contributed by atoms with Crippen molar-refractivity contribution in [3.8, 4) is 6.07 Å². The van der Waals surface area contributed by atoms with E-state index in [0.717, 1.165) is 67.6 Å². The number of benzene rings is 2. The maximum atomic E-state index is 13.5. The Hall–Kier alpha value is -2.32. The van der Waals surface area contributed by atoms with Crippen molar-refractivity contribution in [2.24, 2.45) is 0 Å². The molecule has 0 aromatic heterocycles. The van der Waals surface area contributed by atoms with Crippen molar-refractivity contribution in [2.45, 2.75) is 31.1 Å². The number of nitrogens with zero attached hydrogens (tertiary/aromatic N) is 3. The van der Waals surface area contributed by atoms with E-state index in [1.165, 1.54) is 0 Å². The van der Waals surface area contributed by atoms with Crippen LogP contribution in [0, 0.1) is 11.3 Å². The van der Waals surface area contributed by atoms with E-state index < -0.39 is 0 Å². The summed E-state index contributed by atoms with van der Waals surface area (Å²) in [5, 5.41) is 8.98. The molecular formula is C23H24BrN3O. The van der Waals surface area contributed by atoms with Gasteiger partial charge in [-0.3, -0.25) is 4.79 Å². The fraction of sp³-hybridized carbons (Fsp3) is 0.391. The first kappa shape index (κ1) is 19.0. The summed E-state index contributed by atoms with van der Waals surface area (Å²) in [5.41, 5.74) is 2.63. The molecule has 2 aromatic rings. The van der Waals surface area contributed by atoms with Gasteiger partial charge in [-0.2, -0.15) is 5.26 Å². The van der Waals surface area contributed by atoms with Crippen LogP contribution in [-0.2, 0) is 10.2 Å². The van der Waals surface area contributed by atoms with Crippen molar-refractivity contribution >= 4 is 27.5 Å². The highest BCUT2D eigenvalue weighted by molar-refractivity contribution is 9.10. The third-order valence-corrected chi connectivity index (χ3v) is 6.69. The van der Waals surface area contributed by atoms with Crippen LogP contribution >= 0.6 is 15.9 Å².